The second-order valence-electron chi connectivity index (χ2n) is 4.34. The average Bonchev–Trinajstić information content (AvgIpc) is 2.38. The minimum absolute atomic E-state index is 0.164. The van der Waals surface area contributed by atoms with Crippen molar-refractivity contribution in [3.8, 4) is 0 Å². The Morgan fingerprint density at radius 2 is 2.00 bits per heavy atom. The van der Waals surface area contributed by atoms with Crippen LogP contribution in [0.3, 0.4) is 0 Å². The predicted molar refractivity (Wildman–Crippen MR) is 67.1 cm³/mol. The summed E-state index contributed by atoms with van der Waals surface area (Å²) in [7, 11) is 0. The Morgan fingerprint density at radius 3 is 2.61 bits per heavy atom. The number of amides is 1. The monoisotopic (exact) mass is 255 g/mol. The zero-order valence-electron chi connectivity index (χ0n) is 10.7. The summed E-state index contributed by atoms with van der Waals surface area (Å²) in [6.45, 7) is 3.74. The number of carbonyl (C=O) groups excluding carboxylic acids is 1. The van der Waals surface area contributed by atoms with E-state index in [2.05, 4.69) is 5.32 Å². The number of carbonyl (C=O) groups is 2. The van der Waals surface area contributed by atoms with E-state index < -0.39 is 17.8 Å². The van der Waals surface area contributed by atoms with Crippen LogP contribution in [0.25, 0.3) is 0 Å². The van der Waals surface area contributed by atoms with E-state index in [9.17, 15) is 9.59 Å². The lowest BCUT2D eigenvalue weighted by Gasteiger charge is -2.24. The topological polar surface area (TPSA) is 75.6 Å². The van der Waals surface area contributed by atoms with Crippen molar-refractivity contribution in [2.24, 2.45) is 11.8 Å². The van der Waals surface area contributed by atoms with Crippen molar-refractivity contribution in [1.82, 2.24) is 5.32 Å². The molecule has 0 aliphatic heterocycles. The first-order valence-electron chi connectivity index (χ1n) is 6.40. The fraction of sp³-hybridized carbons (Fsp3) is 0.692. The van der Waals surface area contributed by atoms with E-state index in [4.69, 9.17) is 9.84 Å². The van der Waals surface area contributed by atoms with Gasteiger partial charge in [0.05, 0.1) is 11.8 Å². The summed E-state index contributed by atoms with van der Waals surface area (Å²) in [4.78, 5) is 22.9. The Kier molecular flexibility index (Phi) is 6.43. The van der Waals surface area contributed by atoms with Crippen LogP contribution < -0.4 is 5.32 Å². The Morgan fingerprint density at radius 1 is 1.33 bits per heavy atom. The van der Waals surface area contributed by atoms with Crippen LogP contribution in [0, 0.1) is 11.8 Å². The van der Waals surface area contributed by atoms with Crippen molar-refractivity contribution < 1.29 is 19.4 Å². The molecule has 0 heterocycles. The maximum Gasteiger partial charge on any atom is 0.307 e. The molecule has 0 unspecified atom stereocenters. The third-order valence-corrected chi connectivity index (χ3v) is 3.06. The van der Waals surface area contributed by atoms with Crippen molar-refractivity contribution in [2.75, 3.05) is 19.8 Å². The summed E-state index contributed by atoms with van der Waals surface area (Å²) in [5, 5.41) is 11.8. The SMILES string of the molecule is CCOCCCNC(=O)[C@@H]1CC=CC[C@@H]1C(=O)O. The molecular weight excluding hydrogens is 234 g/mol. The molecule has 2 atom stereocenters. The van der Waals surface area contributed by atoms with Gasteiger partial charge in [-0.15, -0.1) is 0 Å². The quantitative estimate of drug-likeness (QED) is 0.529. The fourth-order valence-electron chi connectivity index (χ4n) is 2.04. The van der Waals surface area contributed by atoms with Crippen LogP contribution in [0.1, 0.15) is 26.2 Å². The van der Waals surface area contributed by atoms with Gasteiger partial charge in [-0.25, -0.2) is 0 Å². The number of hydrogen-bond donors (Lipinski definition) is 2. The molecule has 1 amide bonds. The molecule has 0 aromatic carbocycles. The first-order valence-corrected chi connectivity index (χ1v) is 6.40. The predicted octanol–water partition coefficient (Wildman–Crippen LogP) is 1.20. The van der Waals surface area contributed by atoms with Crippen molar-refractivity contribution in [3.63, 3.8) is 0 Å². The molecule has 18 heavy (non-hydrogen) atoms. The van der Waals surface area contributed by atoms with Gasteiger partial charge in [0.25, 0.3) is 0 Å². The Hall–Kier alpha value is -1.36. The summed E-state index contributed by atoms with van der Waals surface area (Å²) in [6, 6.07) is 0. The van der Waals surface area contributed by atoms with Crippen LogP contribution in [0.5, 0.6) is 0 Å². The molecule has 0 aromatic rings. The van der Waals surface area contributed by atoms with Gasteiger partial charge in [-0.1, -0.05) is 12.2 Å². The molecular formula is C13H21NO4. The first kappa shape index (κ1) is 14.7. The van der Waals surface area contributed by atoms with Crippen LogP contribution >= 0.6 is 0 Å². The summed E-state index contributed by atoms with van der Waals surface area (Å²) in [5.41, 5.74) is 0. The number of nitrogens with one attached hydrogen (secondary N) is 1. The highest BCUT2D eigenvalue weighted by Gasteiger charge is 2.33. The molecule has 0 aromatic heterocycles. The number of ether oxygens (including phenoxy) is 1. The molecule has 5 heteroatoms. The van der Waals surface area contributed by atoms with Gasteiger partial charge in [-0.05, 0) is 26.2 Å². The summed E-state index contributed by atoms with van der Waals surface area (Å²) < 4.78 is 5.16. The van der Waals surface area contributed by atoms with Crippen molar-refractivity contribution in [1.29, 1.82) is 0 Å². The molecule has 0 radical (unpaired) electrons. The van der Waals surface area contributed by atoms with Crippen molar-refractivity contribution in [2.45, 2.75) is 26.2 Å². The van der Waals surface area contributed by atoms with Gasteiger partial charge in [0.1, 0.15) is 0 Å². The number of hydrogen-bond acceptors (Lipinski definition) is 3. The van der Waals surface area contributed by atoms with E-state index in [0.29, 0.717) is 32.6 Å². The zero-order chi connectivity index (χ0) is 13.4. The van der Waals surface area contributed by atoms with Crippen LogP contribution in [0.4, 0.5) is 0 Å². The number of rotatable bonds is 7. The van der Waals surface area contributed by atoms with Gasteiger partial charge in [-0.2, -0.15) is 0 Å². The number of allylic oxidation sites excluding steroid dienone is 2. The van der Waals surface area contributed by atoms with Gasteiger partial charge in [0.2, 0.25) is 5.91 Å². The van der Waals surface area contributed by atoms with E-state index in [-0.39, 0.29) is 5.91 Å². The van der Waals surface area contributed by atoms with Crippen molar-refractivity contribution in [3.05, 3.63) is 12.2 Å². The van der Waals surface area contributed by atoms with Crippen molar-refractivity contribution >= 4 is 11.9 Å². The van der Waals surface area contributed by atoms with Gasteiger partial charge in [0.15, 0.2) is 0 Å². The molecule has 5 nitrogen and oxygen atoms in total. The minimum Gasteiger partial charge on any atom is -0.481 e. The summed E-state index contributed by atoms with van der Waals surface area (Å²) >= 11 is 0. The minimum atomic E-state index is -0.895. The Balaban J connectivity index is 2.35. The van der Waals surface area contributed by atoms with E-state index in [1.807, 2.05) is 19.1 Å². The lowest BCUT2D eigenvalue weighted by Crippen LogP contribution is -2.39. The van der Waals surface area contributed by atoms with E-state index in [1.54, 1.807) is 0 Å². The van der Waals surface area contributed by atoms with Gasteiger partial charge in [-0.3, -0.25) is 9.59 Å². The number of carboxylic acid groups (broad SMARTS) is 1. The fourth-order valence-corrected chi connectivity index (χ4v) is 2.04. The lowest BCUT2D eigenvalue weighted by atomic mass is 9.82. The van der Waals surface area contributed by atoms with Gasteiger partial charge >= 0.3 is 5.97 Å². The van der Waals surface area contributed by atoms with E-state index in [0.717, 1.165) is 6.42 Å². The largest absolute Gasteiger partial charge is 0.481 e. The van der Waals surface area contributed by atoms with E-state index >= 15 is 0 Å². The second-order valence-corrected chi connectivity index (χ2v) is 4.34. The van der Waals surface area contributed by atoms with Gasteiger partial charge < -0.3 is 15.2 Å². The molecule has 0 bridgehead atoms. The second kappa shape index (κ2) is 7.87. The van der Waals surface area contributed by atoms with Crippen LogP contribution in [0.15, 0.2) is 12.2 Å². The maximum absolute atomic E-state index is 11.9. The van der Waals surface area contributed by atoms with Crippen LogP contribution in [-0.4, -0.2) is 36.7 Å². The highest BCUT2D eigenvalue weighted by molar-refractivity contribution is 5.85. The highest BCUT2D eigenvalue weighted by Crippen LogP contribution is 2.25. The molecule has 1 aliphatic rings. The number of aliphatic carboxylic acids is 1. The lowest BCUT2D eigenvalue weighted by molar-refractivity contribution is -0.147. The Labute approximate surface area is 107 Å². The third kappa shape index (κ3) is 4.49. The van der Waals surface area contributed by atoms with Crippen LogP contribution in [-0.2, 0) is 14.3 Å². The maximum atomic E-state index is 11.9. The molecule has 0 fully saturated rings. The summed E-state index contributed by atoms with van der Waals surface area (Å²) in [6.07, 6.45) is 5.40. The van der Waals surface area contributed by atoms with Crippen LogP contribution in [0.2, 0.25) is 0 Å². The standard InChI is InChI=1S/C13H21NO4/c1-2-18-9-5-8-14-12(15)10-6-3-4-7-11(10)13(16)17/h3-4,10-11H,2,5-9H2,1H3,(H,14,15)(H,16,17)/t10-,11+/m1/s1. The highest BCUT2D eigenvalue weighted by atomic mass is 16.5. The smallest absolute Gasteiger partial charge is 0.307 e. The molecule has 1 rings (SSSR count). The molecule has 1 aliphatic carbocycles. The number of carboxylic acids is 1. The molecule has 0 saturated heterocycles. The van der Waals surface area contributed by atoms with Gasteiger partial charge in [0, 0.05) is 19.8 Å². The molecule has 0 saturated carbocycles. The van der Waals surface area contributed by atoms with E-state index in [1.165, 1.54) is 0 Å². The third-order valence-electron chi connectivity index (χ3n) is 3.06. The summed E-state index contributed by atoms with van der Waals surface area (Å²) in [5.74, 6) is -2.10. The average molecular weight is 255 g/mol. The first-order chi connectivity index (χ1) is 8.66. The normalized spacial score (nSPS) is 22.7. The zero-order valence-corrected chi connectivity index (χ0v) is 10.7. The molecule has 0 spiro atoms. The molecule has 102 valence electrons. The molecule has 2 N–H and O–H groups in total. The Bertz CT molecular complexity index is 314.